The number of rotatable bonds is 6. The largest absolute Gasteiger partial charge is 0.465 e. The molecule has 1 aliphatic heterocycles. The number of nitrogens with one attached hydrogen (secondary N) is 1. The zero-order valence-electron chi connectivity index (χ0n) is 16.3. The van der Waals surface area contributed by atoms with Gasteiger partial charge in [0.2, 0.25) is 0 Å². The smallest absolute Gasteiger partial charge is 0.407 e. The number of likely N-dealkylation sites (tertiary alicyclic amines) is 1. The monoisotopic (exact) mass is 549 g/mol. The molecule has 11 heteroatoms. The van der Waals surface area contributed by atoms with E-state index < -0.39 is 40.7 Å². The van der Waals surface area contributed by atoms with E-state index in [1.807, 2.05) is 22.6 Å². The summed E-state index contributed by atoms with van der Waals surface area (Å²) >= 11 is 1.90. The maximum Gasteiger partial charge on any atom is 0.407 e. The van der Waals surface area contributed by atoms with Crippen molar-refractivity contribution in [2.45, 2.75) is 12.0 Å². The van der Waals surface area contributed by atoms with Crippen molar-refractivity contribution in [3.8, 4) is 0 Å². The van der Waals surface area contributed by atoms with E-state index in [0.29, 0.717) is 3.57 Å². The first-order chi connectivity index (χ1) is 14.5. The van der Waals surface area contributed by atoms with E-state index in [4.69, 9.17) is 5.11 Å². The highest BCUT2D eigenvalue weighted by atomic mass is 127. The summed E-state index contributed by atoms with van der Waals surface area (Å²) in [7, 11) is 1.36. The second-order valence-electron chi connectivity index (χ2n) is 7.37. The van der Waals surface area contributed by atoms with Gasteiger partial charge in [0.1, 0.15) is 11.4 Å². The number of benzene rings is 2. The summed E-state index contributed by atoms with van der Waals surface area (Å²) in [5.74, 6) is -3.91. The van der Waals surface area contributed by atoms with Gasteiger partial charge in [-0.25, -0.2) is 18.0 Å². The zero-order valence-corrected chi connectivity index (χ0v) is 18.5. The van der Waals surface area contributed by atoms with Gasteiger partial charge in [-0.1, -0.05) is 0 Å². The minimum absolute atomic E-state index is 0.0674. The Labute approximate surface area is 189 Å². The van der Waals surface area contributed by atoms with Gasteiger partial charge in [-0.05, 0) is 59.3 Å². The Hall–Kier alpha value is -2.54. The van der Waals surface area contributed by atoms with Gasteiger partial charge in [-0.2, -0.15) is 0 Å². The summed E-state index contributed by atoms with van der Waals surface area (Å²) in [5, 5.41) is 21.8. The third-order valence-corrected chi connectivity index (χ3v) is 5.68. The molecule has 2 aromatic carbocycles. The van der Waals surface area contributed by atoms with Crippen LogP contribution in [0, 0.1) is 21.0 Å². The molecule has 3 rings (SSSR count). The molecule has 1 fully saturated rings. The Kier molecular flexibility index (Phi) is 6.65. The van der Waals surface area contributed by atoms with Crippen LogP contribution in [-0.4, -0.2) is 64.3 Å². The number of carbonyl (C=O) groups excluding carboxylic acids is 1. The minimum Gasteiger partial charge on any atom is -0.465 e. The van der Waals surface area contributed by atoms with Crippen molar-refractivity contribution in [1.82, 2.24) is 9.80 Å². The third-order valence-electron chi connectivity index (χ3n) is 5.01. The average Bonchev–Trinajstić information content (AvgIpc) is 2.68. The van der Waals surface area contributed by atoms with Crippen LogP contribution in [0.2, 0.25) is 0 Å². The summed E-state index contributed by atoms with van der Waals surface area (Å²) in [5.41, 5.74) is -2.14. The fourth-order valence-electron chi connectivity index (χ4n) is 3.18. The second kappa shape index (κ2) is 8.91. The topological polar surface area (TPSA) is 93.1 Å². The summed E-state index contributed by atoms with van der Waals surface area (Å²) in [6.45, 7) is -0.136. The van der Waals surface area contributed by atoms with Gasteiger partial charge in [-0.3, -0.25) is 4.79 Å². The molecular formula is C20H19F3IN3O4. The average molecular weight is 549 g/mol. The van der Waals surface area contributed by atoms with Crippen LogP contribution in [0.4, 0.5) is 29.3 Å². The zero-order chi connectivity index (χ0) is 22.9. The Morgan fingerprint density at radius 2 is 1.87 bits per heavy atom. The number of hydrogen-bond donors (Lipinski definition) is 3. The van der Waals surface area contributed by atoms with Gasteiger partial charge in [0.05, 0.1) is 30.0 Å². The van der Waals surface area contributed by atoms with Crippen molar-refractivity contribution >= 4 is 46.0 Å². The molecule has 0 atom stereocenters. The molecule has 0 radical (unpaired) electrons. The molecule has 1 saturated heterocycles. The van der Waals surface area contributed by atoms with E-state index >= 15 is 0 Å². The maximum atomic E-state index is 14.5. The van der Waals surface area contributed by atoms with Crippen LogP contribution in [0.1, 0.15) is 16.8 Å². The molecule has 3 N–H and O–H groups in total. The van der Waals surface area contributed by atoms with E-state index in [9.17, 15) is 27.9 Å². The molecule has 0 spiro atoms. The molecule has 2 amide bonds. The van der Waals surface area contributed by atoms with E-state index in [2.05, 4.69) is 5.32 Å². The Morgan fingerprint density at radius 1 is 1.19 bits per heavy atom. The van der Waals surface area contributed by atoms with Gasteiger partial charge in [0.25, 0.3) is 5.91 Å². The SMILES string of the molecule is CN(CCC1(O)CN(C(=O)c2ccc(F)c(F)c2Nc2ccc(I)cc2F)C1)C(=O)O. The number of nitrogens with zero attached hydrogens (tertiary/aromatic N) is 2. The van der Waals surface area contributed by atoms with Crippen molar-refractivity contribution in [2.75, 3.05) is 32.0 Å². The summed E-state index contributed by atoms with van der Waals surface area (Å²) in [6, 6.07) is 5.99. The van der Waals surface area contributed by atoms with Gasteiger partial charge in [-0.15, -0.1) is 0 Å². The fourth-order valence-corrected chi connectivity index (χ4v) is 3.64. The molecule has 7 nitrogen and oxygen atoms in total. The van der Waals surface area contributed by atoms with Crippen LogP contribution in [-0.2, 0) is 0 Å². The molecule has 2 aromatic rings. The second-order valence-corrected chi connectivity index (χ2v) is 8.62. The van der Waals surface area contributed by atoms with E-state index in [-0.39, 0.29) is 37.3 Å². The molecule has 0 aliphatic carbocycles. The highest BCUT2D eigenvalue weighted by Gasteiger charge is 2.44. The first kappa shape index (κ1) is 23.1. The summed E-state index contributed by atoms with van der Waals surface area (Å²) < 4.78 is 43.1. The lowest BCUT2D eigenvalue weighted by Gasteiger charge is -2.47. The fraction of sp³-hybridized carbons (Fsp3) is 0.300. The lowest BCUT2D eigenvalue weighted by molar-refractivity contribution is -0.0879. The number of aliphatic hydroxyl groups is 1. The standard InChI is InChI=1S/C20H19F3IN3O4/c1-26(19(29)30)7-6-20(31)9-27(10-20)18(28)12-3-4-13(21)16(23)17(12)25-15-5-2-11(24)8-14(15)22/h2-5,8,25,31H,6-7,9-10H2,1H3,(H,29,30). The van der Waals surface area contributed by atoms with Gasteiger partial charge in [0.15, 0.2) is 11.6 Å². The molecular weight excluding hydrogens is 530 g/mol. The van der Waals surface area contributed by atoms with Gasteiger partial charge in [0, 0.05) is 17.2 Å². The molecule has 0 saturated carbocycles. The molecule has 1 heterocycles. The number of hydrogen-bond acceptors (Lipinski definition) is 4. The predicted molar refractivity (Wildman–Crippen MR) is 115 cm³/mol. The van der Waals surface area contributed by atoms with Gasteiger partial charge >= 0.3 is 6.09 Å². The maximum absolute atomic E-state index is 14.5. The quantitative estimate of drug-likeness (QED) is 0.479. The Bertz CT molecular complexity index is 1030. The van der Waals surface area contributed by atoms with Crippen molar-refractivity contribution in [2.24, 2.45) is 0 Å². The van der Waals surface area contributed by atoms with Crippen molar-refractivity contribution in [3.05, 3.63) is 56.9 Å². The van der Waals surface area contributed by atoms with E-state index in [1.54, 1.807) is 6.07 Å². The van der Waals surface area contributed by atoms with Crippen LogP contribution < -0.4 is 5.32 Å². The molecule has 1 aliphatic rings. The predicted octanol–water partition coefficient (Wildman–Crippen LogP) is 3.64. The van der Waals surface area contributed by atoms with E-state index in [1.165, 1.54) is 24.1 Å². The van der Waals surface area contributed by atoms with Crippen molar-refractivity contribution in [3.63, 3.8) is 0 Å². The molecule has 0 bridgehead atoms. The molecule has 31 heavy (non-hydrogen) atoms. The normalized spacial score (nSPS) is 14.7. The number of β-amino-alcohol motifs (C(OH)–C–C–N with tert-alkyl or cyclic N) is 1. The Morgan fingerprint density at radius 3 is 2.48 bits per heavy atom. The van der Waals surface area contributed by atoms with Crippen LogP contribution in [0.15, 0.2) is 30.3 Å². The van der Waals surface area contributed by atoms with Crippen LogP contribution in [0.25, 0.3) is 0 Å². The first-order valence-electron chi connectivity index (χ1n) is 9.16. The summed E-state index contributed by atoms with van der Waals surface area (Å²) in [6.07, 6.45) is -1.03. The van der Waals surface area contributed by atoms with Crippen molar-refractivity contribution in [1.29, 1.82) is 0 Å². The van der Waals surface area contributed by atoms with Crippen molar-refractivity contribution < 1.29 is 33.0 Å². The first-order valence-corrected chi connectivity index (χ1v) is 10.2. The molecule has 0 aromatic heterocycles. The van der Waals surface area contributed by atoms with Gasteiger partial charge < -0.3 is 25.3 Å². The van der Waals surface area contributed by atoms with E-state index in [0.717, 1.165) is 17.0 Å². The lowest BCUT2D eigenvalue weighted by atomic mass is 9.89. The third kappa shape index (κ3) is 5.03. The van der Waals surface area contributed by atoms with Crippen LogP contribution in [0.5, 0.6) is 0 Å². The number of carboxylic acid groups (broad SMARTS) is 1. The number of halogens is 4. The molecule has 166 valence electrons. The number of anilines is 2. The highest BCUT2D eigenvalue weighted by molar-refractivity contribution is 14.1. The van der Waals surface area contributed by atoms with Crippen LogP contribution >= 0.6 is 22.6 Å². The number of carbonyl (C=O) groups is 2. The highest BCUT2D eigenvalue weighted by Crippen LogP contribution is 2.32. The Balaban J connectivity index is 1.78. The lowest BCUT2D eigenvalue weighted by Crippen LogP contribution is -2.64. The summed E-state index contributed by atoms with van der Waals surface area (Å²) in [4.78, 5) is 25.9. The van der Waals surface area contributed by atoms with Crippen LogP contribution in [0.3, 0.4) is 0 Å². The minimum atomic E-state index is -1.33. The molecule has 0 unspecified atom stereocenters. The number of amides is 2.